The van der Waals surface area contributed by atoms with E-state index in [-0.39, 0.29) is 0 Å². The van der Waals surface area contributed by atoms with Gasteiger partial charge in [-0.05, 0) is 0 Å². The lowest BCUT2D eigenvalue weighted by molar-refractivity contribution is -0.289. The lowest BCUT2D eigenvalue weighted by atomic mass is 9.85. The van der Waals surface area contributed by atoms with Gasteiger partial charge in [0.05, 0.1) is 0 Å². The smallest absolute Gasteiger partial charge is 0.289 e. The summed E-state index contributed by atoms with van der Waals surface area (Å²) in [6.45, 7) is 3.42. The Balaban J connectivity index is 3.56. The van der Waals surface area contributed by atoms with Gasteiger partial charge in [-0.25, -0.2) is 4.39 Å². The van der Waals surface area contributed by atoms with Crippen LogP contribution < -0.4 is 0 Å². The number of hydrogen-bond donors (Lipinski definition) is 0. The molecule has 1 aliphatic carbocycles. The highest BCUT2D eigenvalue weighted by Gasteiger charge is 2.93. The molecule has 1 rings (SSSR count). The summed E-state index contributed by atoms with van der Waals surface area (Å²) in [4.78, 5) is 10.8. The van der Waals surface area contributed by atoms with Crippen LogP contribution in [0.4, 0.5) is 30.7 Å². The Morgan fingerprint density at radius 1 is 1.06 bits per heavy atom. The summed E-state index contributed by atoms with van der Waals surface area (Å²) in [5.41, 5.74) is -4.66. The van der Waals surface area contributed by atoms with Crippen molar-refractivity contribution in [3.8, 4) is 0 Å². The van der Waals surface area contributed by atoms with Gasteiger partial charge in [-0.15, -0.1) is 6.58 Å². The highest BCUT2D eigenvalue weighted by Crippen LogP contribution is 2.62. The molecule has 0 bridgehead atoms. The molecule has 2 unspecified atom stereocenters. The first kappa shape index (κ1) is 14.0. The fourth-order valence-electron chi connectivity index (χ4n) is 1.59. The summed E-state index contributed by atoms with van der Waals surface area (Å²) < 4.78 is 90.9. The van der Waals surface area contributed by atoms with Gasteiger partial charge in [-0.3, -0.25) is 4.79 Å². The van der Waals surface area contributed by atoms with Crippen molar-refractivity contribution in [1.29, 1.82) is 0 Å². The van der Waals surface area contributed by atoms with Crippen molar-refractivity contribution in [2.24, 2.45) is 5.92 Å². The zero-order valence-electron chi connectivity index (χ0n) is 8.42. The molecule has 0 radical (unpaired) electrons. The fourth-order valence-corrected chi connectivity index (χ4v) is 1.59. The van der Waals surface area contributed by atoms with Crippen molar-refractivity contribution in [1.82, 2.24) is 0 Å². The van der Waals surface area contributed by atoms with Crippen LogP contribution in [0.5, 0.6) is 0 Å². The number of allylic oxidation sites excluding steroid dienone is 1. The lowest BCUT2D eigenvalue weighted by Gasteiger charge is -2.30. The highest BCUT2D eigenvalue weighted by molar-refractivity contribution is 5.99. The van der Waals surface area contributed by atoms with Crippen LogP contribution in [0, 0.1) is 5.92 Å². The monoisotopic (exact) mass is 264 g/mol. The molecule has 0 amide bonds. The molecule has 1 nitrogen and oxygen atoms in total. The largest absolute Gasteiger partial charge is 0.383 e. The molecule has 0 N–H and O–H groups in total. The Hall–Kier alpha value is -1.08. The SMILES string of the molecule is C=CC(C)C1(F)C(=O)C(F)(F)C(F)(F)C1(F)F. The molecular weight excluding hydrogens is 257 g/mol. The molecule has 17 heavy (non-hydrogen) atoms. The molecule has 2 atom stereocenters. The Bertz CT molecular complexity index is 376. The molecule has 1 fully saturated rings. The first-order valence-electron chi connectivity index (χ1n) is 4.38. The van der Waals surface area contributed by atoms with E-state index >= 15 is 0 Å². The van der Waals surface area contributed by atoms with Gasteiger partial charge in [0.15, 0.2) is 0 Å². The van der Waals surface area contributed by atoms with Gasteiger partial charge in [0.2, 0.25) is 5.67 Å². The molecule has 0 aromatic rings. The Labute approximate surface area is 91.3 Å². The number of rotatable bonds is 2. The second-order valence-electron chi connectivity index (χ2n) is 3.79. The van der Waals surface area contributed by atoms with E-state index in [1.165, 1.54) is 0 Å². The molecule has 8 heteroatoms. The van der Waals surface area contributed by atoms with E-state index in [1.807, 2.05) is 0 Å². The van der Waals surface area contributed by atoms with E-state index in [4.69, 9.17) is 0 Å². The number of hydrogen-bond acceptors (Lipinski definition) is 1. The molecule has 0 heterocycles. The van der Waals surface area contributed by atoms with Crippen LogP contribution in [0.15, 0.2) is 12.7 Å². The third-order valence-electron chi connectivity index (χ3n) is 2.84. The predicted octanol–water partition coefficient (Wildman–Crippen LogP) is 3.01. The maximum absolute atomic E-state index is 13.7. The molecule has 0 aromatic carbocycles. The van der Waals surface area contributed by atoms with Crippen molar-refractivity contribution in [3.63, 3.8) is 0 Å². The quantitative estimate of drug-likeness (QED) is 0.553. The molecule has 1 saturated carbocycles. The summed E-state index contributed by atoms with van der Waals surface area (Å²) in [7, 11) is 0. The fraction of sp³-hybridized carbons (Fsp3) is 0.667. The minimum Gasteiger partial charge on any atom is -0.289 e. The van der Waals surface area contributed by atoms with E-state index in [1.54, 1.807) is 0 Å². The molecule has 0 aliphatic heterocycles. The van der Waals surface area contributed by atoms with Crippen LogP contribution >= 0.6 is 0 Å². The van der Waals surface area contributed by atoms with E-state index in [0.29, 0.717) is 13.0 Å². The molecule has 0 saturated heterocycles. The highest BCUT2D eigenvalue weighted by atomic mass is 19.3. The molecular formula is C9H7F7O. The molecule has 0 spiro atoms. The predicted molar refractivity (Wildman–Crippen MR) is 43.0 cm³/mol. The summed E-state index contributed by atoms with van der Waals surface area (Å²) in [5.74, 6) is -22.9. The molecule has 1 aliphatic rings. The van der Waals surface area contributed by atoms with Gasteiger partial charge < -0.3 is 0 Å². The topological polar surface area (TPSA) is 17.1 Å². The van der Waals surface area contributed by atoms with Crippen LogP contribution in [-0.4, -0.2) is 29.2 Å². The second-order valence-corrected chi connectivity index (χ2v) is 3.79. The van der Waals surface area contributed by atoms with Crippen LogP contribution in [0.25, 0.3) is 0 Å². The normalized spacial score (nSPS) is 35.6. The standard InChI is InChI=1S/C9H7F7O/c1-3-4(2)6(10)5(17)7(11,12)9(15,16)8(6,13)14/h3-4H,1H2,2H3. The lowest BCUT2D eigenvalue weighted by Crippen LogP contribution is -2.55. The number of carbonyl (C=O) groups excluding carboxylic acids is 1. The molecule has 0 aromatic heterocycles. The van der Waals surface area contributed by atoms with Gasteiger partial charge in [0.1, 0.15) is 0 Å². The van der Waals surface area contributed by atoms with Crippen LogP contribution in [0.1, 0.15) is 6.92 Å². The van der Waals surface area contributed by atoms with Crippen molar-refractivity contribution in [2.75, 3.05) is 0 Å². The Morgan fingerprint density at radius 3 is 1.71 bits per heavy atom. The van der Waals surface area contributed by atoms with Crippen LogP contribution in [-0.2, 0) is 4.79 Å². The maximum Gasteiger partial charge on any atom is 0.383 e. The summed E-state index contributed by atoms with van der Waals surface area (Å²) >= 11 is 0. The second kappa shape index (κ2) is 3.23. The Morgan fingerprint density at radius 2 is 1.47 bits per heavy atom. The van der Waals surface area contributed by atoms with Crippen LogP contribution in [0.2, 0.25) is 0 Å². The first-order valence-corrected chi connectivity index (χ1v) is 4.38. The maximum atomic E-state index is 13.7. The number of alkyl halides is 7. The minimum atomic E-state index is -6.07. The average Bonchev–Trinajstić information content (AvgIpc) is 2.29. The van der Waals surface area contributed by atoms with Crippen molar-refractivity contribution in [3.05, 3.63) is 12.7 Å². The van der Waals surface area contributed by atoms with Gasteiger partial charge in [-0.1, -0.05) is 13.0 Å². The third-order valence-corrected chi connectivity index (χ3v) is 2.84. The number of halogens is 7. The van der Waals surface area contributed by atoms with E-state index in [2.05, 4.69) is 6.58 Å². The zero-order valence-corrected chi connectivity index (χ0v) is 8.42. The summed E-state index contributed by atoms with van der Waals surface area (Å²) in [6, 6.07) is 0. The number of carbonyl (C=O) groups is 1. The van der Waals surface area contributed by atoms with Gasteiger partial charge in [0.25, 0.3) is 5.78 Å². The van der Waals surface area contributed by atoms with Crippen molar-refractivity contribution >= 4 is 5.78 Å². The van der Waals surface area contributed by atoms with Gasteiger partial charge in [0, 0.05) is 5.92 Å². The van der Waals surface area contributed by atoms with Gasteiger partial charge >= 0.3 is 17.8 Å². The zero-order chi connectivity index (χ0) is 13.9. The first-order chi connectivity index (χ1) is 7.39. The van der Waals surface area contributed by atoms with Gasteiger partial charge in [-0.2, -0.15) is 26.3 Å². The number of ketones is 1. The third kappa shape index (κ3) is 1.18. The van der Waals surface area contributed by atoms with Crippen LogP contribution in [0.3, 0.4) is 0 Å². The van der Waals surface area contributed by atoms with Crippen molar-refractivity contribution < 1.29 is 35.5 Å². The summed E-state index contributed by atoms with van der Waals surface area (Å²) in [6.07, 6.45) is 0.406. The van der Waals surface area contributed by atoms with E-state index in [9.17, 15) is 35.5 Å². The van der Waals surface area contributed by atoms with E-state index < -0.39 is 35.1 Å². The van der Waals surface area contributed by atoms with E-state index in [0.717, 1.165) is 0 Å². The molecule has 98 valence electrons. The number of Topliss-reactive ketones (excluding diaryl/α,β-unsaturated/α-hetero) is 1. The Kier molecular flexibility index (Phi) is 2.66. The van der Waals surface area contributed by atoms with Crippen molar-refractivity contribution in [2.45, 2.75) is 30.4 Å². The summed E-state index contributed by atoms with van der Waals surface area (Å²) in [5, 5.41) is 0. The minimum absolute atomic E-state index is 0.406. The average molecular weight is 264 g/mol.